The molecule has 0 aromatic heterocycles. The van der Waals surface area contributed by atoms with Crippen LogP contribution < -0.4 is 15.2 Å². The molecule has 0 heterocycles. The fourth-order valence-corrected chi connectivity index (χ4v) is 2.46. The molecule has 0 spiro atoms. The Morgan fingerprint density at radius 2 is 1.67 bits per heavy atom. The van der Waals surface area contributed by atoms with Crippen molar-refractivity contribution in [2.75, 3.05) is 7.11 Å². The van der Waals surface area contributed by atoms with Gasteiger partial charge in [0.25, 0.3) is 0 Å². The molecule has 0 fully saturated rings. The summed E-state index contributed by atoms with van der Waals surface area (Å²) in [5, 5.41) is 0. The number of aryl methyl sites for hydroxylation is 2. The standard InChI is InChI=1S/C18H23NO2/c1-11-9-12(2)13(3)17(10-11)21-16-8-6-7-15(20-5)18(16)14(4)19/h6-10,14H,19H2,1-5H3/t14-/m1/s1. The van der Waals surface area contributed by atoms with E-state index in [-0.39, 0.29) is 6.04 Å². The highest BCUT2D eigenvalue weighted by Crippen LogP contribution is 2.37. The highest BCUT2D eigenvalue weighted by atomic mass is 16.5. The minimum absolute atomic E-state index is 0.164. The normalized spacial score (nSPS) is 12.1. The molecule has 0 radical (unpaired) electrons. The molecule has 0 saturated carbocycles. The third kappa shape index (κ3) is 3.19. The monoisotopic (exact) mass is 285 g/mol. The Balaban J connectivity index is 2.50. The van der Waals surface area contributed by atoms with Gasteiger partial charge in [-0.2, -0.15) is 0 Å². The lowest BCUT2D eigenvalue weighted by molar-refractivity contribution is 0.397. The van der Waals surface area contributed by atoms with Gasteiger partial charge in [-0.05, 0) is 62.6 Å². The fourth-order valence-electron chi connectivity index (χ4n) is 2.46. The van der Waals surface area contributed by atoms with Crippen LogP contribution >= 0.6 is 0 Å². The van der Waals surface area contributed by atoms with E-state index in [1.807, 2.05) is 31.2 Å². The van der Waals surface area contributed by atoms with E-state index < -0.39 is 0 Å². The summed E-state index contributed by atoms with van der Waals surface area (Å²) in [5.41, 5.74) is 10.5. The molecule has 1 atom stereocenters. The summed E-state index contributed by atoms with van der Waals surface area (Å²) in [6.07, 6.45) is 0. The van der Waals surface area contributed by atoms with Crippen LogP contribution in [0.5, 0.6) is 17.2 Å². The first-order chi connectivity index (χ1) is 9.93. The number of methoxy groups -OCH3 is 1. The lowest BCUT2D eigenvalue weighted by Crippen LogP contribution is -2.09. The van der Waals surface area contributed by atoms with Gasteiger partial charge >= 0.3 is 0 Å². The van der Waals surface area contributed by atoms with Gasteiger partial charge in [0.15, 0.2) is 0 Å². The molecule has 2 rings (SSSR count). The van der Waals surface area contributed by atoms with Crippen molar-refractivity contribution >= 4 is 0 Å². The third-order valence-electron chi connectivity index (χ3n) is 3.69. The summed E-state index contributed by atoms with van der Waals surface area (Å²) in [7, 11) is 1.65. The molecule has 0 bridgehead atoms. The quantitative estimate of drug-likeness (QED) is 0.903. The number of benzene rings is 2. The zero-order valence-corrected chi connectivity index (χ0v) is 13.4. The smallest absolute Gasteiger partial charge is 0.135 e. The highest BCUT2D eigenvalue weighted by Gasteiger charge is 2.16. The molecule has 0 aliphatic rings. The van der Waals surface area contributed by atoms with Crippen molar-refractivity contribution in [1.29, 1.82) is 0 Å². The number of rotatable bonds is 4. The molecule has 21 heavy (non-hydrogen) atoms. The first kappa shape index (κ1) is 15.4. The van der Waals surface area contributed by atoms with Crippen molar-refractivity contribution in [2.45, 2.75) is 33.7 Å². The predicted octanol–water partition coefficient (Wildman–Crippen LogP) is 4.43. The van der Waals surface area contributed by atoms with Crippen LogP contribution in [-0.4, -0.2) is 7.11 Å². The van der Waals surface area contributed by atoms with Crippen LogP contribution in [0, 0.1) is 20.8 Å². The van der Waals surface area contributed by atoms with Gasteiger partial charge < -0.3 is 15.2 Å². The van der Waals surface area contributed by atoms with Crippen LogP contribution in [0.2, 0.25) is 0 Å². The zero-order valence-electron chi connectivity index (χ0n) is 13.4. The maximum absolute atomic E-state index is 6.15. The summed E-state index contributed by atoms with van der Waals surface area (Å²) in [6, 6.07) is 9.78. The van der Waals surface area contributed by atoms with E-state index in [2.05, 4.69) is 26.8 Å². The van der Waals surface area contributed by atoms with E-state index in [0.29, 0.717) is 0 Å². The molecule has 0 amide bonds. The molecule has 112 valence electrons. The van der Waals surface area contributed by atoms with Crippen LogP contribution in [-0.2, 0) is 0 Å². The number of hydrogen-bond acceptors (Lipinski definition) is 3. The van der Waals surface area contributed by atoms with Crippen molar-refractivity contribution in [2.24, 2.45) is 5.73 Å². The van der Waals surface area contributed by atoms with Crippen molar-refractivity contribution in [1.82, 2.24) is 0 Å². The van der Waals surface area contributed by atoms with E-state index in [1.54, 1.807) is 7.11 Å². The Morgan fingerprint density at radius 1 is 1.00 bits per heavy atom. The minimum atomic E-state index is -0.164. The van der Waals surface area contributed by atoms with Crippen molar-refractivity contribution in [3.63, 3.8) is 0 Å². The van der Waals surface area contributed by atoms with Gasteiger partial charge in [-0.3, -0.25) is 0 Å². The molecular weight excluding hydrogens is 262 g/mol. The van der Waals surface area contributed by atoms with E-state index >= 15 is 0 Å². The van der Waals surface area contributed by atoms with Gasteiger partial charge in [-0.1, -0.05) is 12.1 Å². The number of hydrogen-bond donors (Lipinski definition) is 1. The summed E-state index contributed by atoms with van der Waals surface area (Å²) in [5.74, 6) is 2.37. The molecule has 3 heteroatoms. The van der Waals surface area contributed by atoms with Gasteiger partial charge in [0.2, 0.25) is 0 Å². The van der Waals surface area contributed by atoms with Crippen molar-refractivity contribution in [3.05, 3.63) is 52.6 Å². The summed E-state index contributed by atoms with van der Waals surface area (Å²) in [6.45, 7) is 8.15. The Kier molecular flexibility index (Phi) is 4.53. The molecule has 0 unspecified atom stereocenters. The summed E-state index contributed by atoms with van der Waals surface area (Å²) < 4.78 is 11.5. The van der Waals surface area contributed by atoms with Gasteiger partial charge in [-0.25, -0.2) is 0 Å². The Bertz CT molecular complexity index is 648. The number of ether oxygens (including phenoxy) is 2. The zero-order chi connectivity index (χ0) is 15.6. The fraction of sp³-hybridized carbons (Fsp3) is 0.333. The maximum Gasteiger partial charge on any atom is 0.135 e. The second-order valence-corrected chi connectivity index (χ2v) is 5.47. The summed E-state index contributed by atoms with van der Waals surface area (Å²) in [4.78, 5) is 0. The molecule has 3 nitrogen and oxygen atoms in total. The second kappa shape index (κ2) is 6.19. The molecule has 0 aliphatic heterocycles. The minimum Gasteiger partial charge on any atom is -0.496 e. The summed E-state index contributed by atoms with van der Waals surface area (Å²) >= 11 is 0. The molecule has 0 saturated heterocycles. The third-order valence-corrected chi connectivity index (χ3v) is 3.69. The van der Waals surface area contributed by atoms with Crippen molar-refractivity contribution in [3.8, 4) is 17.2 Å². The molecule has 0 aliphatic carbocycles. The molecule has 2 N–H and O–H groups in total. The van der Waals surface area contributed by atoms with Crippen LogP contribution in [0.3, 0.4) is 0 Å². The van der Waals surface area contributed by atoms with Gasteiger partial charge in [0.05, 0.1) is 12.7 Å². The SMILES string of the molecule is COc1cccc(Oc2cc(C)cc(C)c2C)c1[C@@H](C)N. The Labute approximate surface area is 126 Å². The van der Waals surface area contributed by atoms with Gasteiger partial charge in [-0.15, -0.1) is 0 Å². The Hall–Kier alpha value is -2.00. The van der Waals surface area contributed by atoms with E-state index in [4.69, 9.17) is 15.2 Å². The van der Waals surface area contributed by atoms with Gasteiger partial charge in [0.1, 0.15) is 17.2 Å². The Morgan fingerprint density at radius 3 is 2.29 bits per heavy atom. The first-order valence-corrected chi connectivity index (χ1v) is 7.12. The average molecular weight is 285 g/mol. The maximum atomic E-state index is 6.15. The van der Waals surface area contributed by atoms with Crippen LogP contribution in [0.1, 0.15) is 35.2 Å². The largest absolute Gasteiger partial charge is 0.496 e. The van der Waals surface area contributed by atoms with Crippen molar-refractivity contribution < 1.29 is 9.47 Å². The molecule has 2 aromatic rings. The van der Waals surface area contributed by atoms with Crippen LogP contribution in [0.15, 0.2) is 30.3 Å². The predicted molar refractivity (Wildman–Crippen MR) is 86.3 cm³/mol. The lowest BCUT2D eigenvalue weighted by Gasteiger charge is -2.19. The van der Waals surface area contributed by atoms with E-state index in [0.717, 1.165) is 28.4 Å². The first-order valence-electron chi connectivity index (χ1n) is 7.12. The van der Waals surface area contributed by atoms with Gasteiger partial charge in [0, 0.05) is 6.04 Å². The second-order valence-electron chi connectivity index (χ2n) is 5.47. The topological polar surface area (TPSA) is 44.5 Å². The van der Waals surface area contributed by atoms with E-state index in [1.165, 1.54) is 11.1 Å². The molecular formula is C18H23NO2. The van der Waals surface area contributed by atoms with E-state index in [9.17, 15) is 0 Å². The van der Waals surface area contributed by atoms with Crippen LogP contribution in [0.4, 0.5) is 0 Å². The molecule has 2 aromatic carbocycles. The number of nitrogens with two attached hydrogens (primary N) is 1. The van der Waals surface area contributed by atoms with Crippen LogP contribution in [0.25, 0.3) is 0 Å². The lowest BCUT2D eigenvalue weighted by atomic mass is 10.0. The highest BCUT2D eigenvalue weighted by molar-refractivity contribution is 5.50. The average Bonchev–Trinajstić information content (AvgIpc) is 2.43.